The summed E-state index contributed by atoms with van der Waals surface area (Å²) in [6.07, 6.45) is 2.99. The van der Waals surface area contributed by atoms with Gasteiger partial charge in [-0.1, -0.05) is 19.1 Å². The van der Waals surface area contributed by atoms with Crippen molar-refractivity contribution >= 4 is 10.9 Å². The van der Waals surface area contributed by atoms with Crippen molar-refractivity contribution in [1.29, 1.82) is 0 Å². The number of hydrogen-bond acceptors (Lipinski definition) is 3. The largest absolute Gasteiger partial charge is 0.329 e. The van der Waals surface area contributed by atoms with Crippen molar-refractivity contribution < 1.29 is 0 Å². The van der Waals surface area contributed by atoms with E-state index in [-0.39, 0.29) is 0 Å². The van der Waals surface area contributed by atoms with Crippen LogP contribution < -0.4 is 5.73 Å². The van der Waals surface area contributed by atoms with Crippen LogP contribution in [-0.4, -0.2) is 29.5 Å². The van der Waals surface area contributed by atoms with Gasteiger partial charge < -0.3 is 5.73 Å². The molecule has 0 amide bonds. The molecule has 0 saturated heterocycles. The summed E-state index contributed by atoms with van der Waals surface area (Å²) < 4.78 is 0. The van der Waals surface area contributed by atoms with Gasteiger partial charge in [0.1, 0.15) is 0 Å². The fourth-order valence-electron chi connectivity index (χ4n) is 2.25. The Hall–Kier alpha value is -1.45. The van der Waals surface area contributed by atoms with Crippen LogP contribution in [0.4, 0.5) is 0 Å². The maximum absolute atomic E-state index is 5.65. The lowest BCUT2D eigenvalue weighted by atomic mass is 10.1. The molecule has 1 aromatic carbocycles. The van der Waals surface area contributed by atoms with Gasteiger partial charge in [0.2, 0.25) is 0 Å². The Balaban J connectivity index is 2.14. The third-order valence-corrected chi connectivity index (χ3v) is 3.06. The summed E-state index contributed by atoms with van der Waals surface area (Å²) in [6, 6.07) is 10.6. The zero-order valence-electron chi connectivity index (χ0n) is 11.0. The first kappa shape index (κ1) is 13.0. The Bertz CT molecular complexity index is 490. The second-order valence-corrected chi connectivity index (χ2v) is 4.60. The topological polar surface area (TPSA) is 42.1 Å². The van der Waals surface area contributed by atoms with Crippen LogP contribution in [0.15, 0.2) is 36.5 Å². The molecule has 0 spiro atoms. The van der Waals surface area contributed by atoms with Gasteiger partial charge in [-0.2, -0.15) is 0 Å². The predicted octanol–water partition coefficient (Wildman–Crippen LogP) is 2.41. The first-order valence-corrected chi connectivity index (χ1v) is 6.59. The van der Waals surface area contributed by atoms with Gasteiger partial charge in [-0.3, -0.25) is 9.88 Å². The third kappa shape index (κ3) is 3.28. The Morgan fingerprint density at radius 2 is 2.11 bits per heavy atom. The summed E-state index contributed by atoms with van der Waals surface area (Å²) in [5.41, 5.74) is 8.04. The molecule has 0 aliphatic rings. The predicted molar refractivity (Wildman–Crippen MR) is 76.4 cm³/mol. The Kier molecular flexibility index (Phi) is 4.67. The number of aromatic nitrogens is 1. The normalized spacial score (nSPS) is 11.3. The maximum atomic E-state index is 5.65. The zero-order valence-corrected chi connectivity index (χ0v) is 11.0. The monoisotopic (exact) mass is 243 g/mol. The highest BCUT2D eigenvalue weighted by atomic mass is 15.1. The summed E-state index contributed by atoms with van der Waals surface area (Å²) in [5.74, 6) is 0. The van der Waals surface area contributed by atoms with Crippen molar-refractivity contribution in [2.45, 2.75) is 19.9 Å². The van der Waals surface area contributed by atoms with E-state index < -0.39 is 0 Å². The Labute approximate surface area is 109 Å². The number of rotatable bonds is 6. The lowest BCUT2D eigenvalue weighted by molar-refractivity contribution is 0.273. The summed E-state index contributed by atoms with van der Waals surface area (Å²) in [4.78, 5) is 6.74. The molecular formula is C15H21N3. The van der Waals surface area contributed by atoms with Crippen molar-refractivity contribution in [3.05, 3.63) is 42.1 Å². The number of nitrogens with two attached hydrogens (primary N) is 1. The molecule has 2 aromatic rings. The number of nitrogens with zero attached hydrogens (tertiary/aromatic N) is 2. The molecule has 0 radical (unpaired) electrons. The third-order valence-electron chi connectivity index (χ3n) is 3.06. The Morgan fingerprint density at radius 3 is 2.89 bits per heavy atom. The second-order valence-electron chi connectivity index (χ2n) is 4.60. The first-order valence-electron chi connectivity index (χ1n) is 6.59. The van der Waals surface area contributed by atoms with Gasteiger partial charge in [-0.25, -0.2) is 0 Å². The molecule has 0 aliphatic heterocycles. The molecule has 0 atom stereocenters. The summed E-state index contributed by atoms with van der Waals surface area (Å²) in [5, 5.41) is 1.21. The van der Waals surface area contributed by atoms with Crippen LogP contribution in [0.5, 0.6) is 0 Å². The van der Waals surface area contributed by atoms with E-state index in [1.807, 2.05) is 12.3 Å². The van der Waals surface area contributed by atoms with Crippen molar-refractivity contribution in [2.75, 3.05) is 19.6 Å². The van der Waals surface area contributed by atoms with E-state index in [2.05, 4.69) is 41.1 Å². The van der Waals surface area contributed by atoms with Crippen LogP contribution in [0.3, 0.4) is 0 Å². The molecule has 0 unspecified atom stereocenters. The average Bonchev–Trinajstić information content (AvgIpc) is 2.39. The maximum Gasteiger partial charge on any atom is 0.0702 e. The van der Waals surface area contributed by atoms with Crippen LogP contribution >= 0.6 is 0 Å². The molecule has 0 fully saturated rings. The molecule has 2 rings (SSSR count). The summed E-state index contributed by atoms with van der Waals surface area (Å²) >= 11 is 0. The molecule has 96 valence electrons. The highest BCUT2D eigenvalue weighted by molar-refractivity contribution is 5.78. The van der Waals surface area contributed by atoms with E-state index >= 15 is 0 Å². The lowest BCUT2D eigenvalue weighted by Crippen LogP contribution is -2.29. The van der Waals surface area contributed by atoms with Crippen molar-refractivity contribution in [3.8, 4) is 0 Å². The van der Waals surface area contributed by atoms with E-state index in [9.17, 15) is 0 Å². The summed E-state index contributed by atoms with van der Waals surface area (Å²) in [6.45, 7) is 5.94. The van der Waals surface area contributed by atoms with Crippen LogP contribution in [-0.2, 0) is 6.54 Å². The van der Waals surface area contributed by atoms with Gasteiger partial charge in [-0.05, 0) is 36.7 Å². The van der Waals surface area contributed by atoms with Gasteiger partial charge in [-0.15, -0.1) is 0 Å². The van der Waals surface area contributed by atoms with Crippen molar-refractivity contribution in [2.24, 2.45) is 5.73 Å². The zero-order chi connectivity index (χ0) is 12.8. The van der Waals surface area contributed by atoms with Crippen LogP contribution in [0.2, 0.25) is 0 Å². The molecule has 2 N–H and O–H groups in total. The van der Waals surface area contributed by atoms with E-state index in [1.165, 1.54) is 10.9 Å². The molecular weight excluding hydrogens is 222 g/mol. The minimum Gasteiger partial charge on any atom is -0.329 e. The van der Waals surface area contributed by atoms with Crippen LogP contribution in [0.25, 0.3) is 10.9 Å². The SMILES string of the molecule is CCCN(CCN)Cc1ccc2ncccc2c1. The smallest absolute Gasteiger partial charge is 0.0702 e. The molecule has 18 heavy (non-hydrogen) atoms. The second kappa shape index (κ2) is 6.47. The molecule has 1 aromatic heterocycles. The van der Waals surface area contributed by atoms with Crippen LogP contribution in [0, 0.1) is 0 Å². The molecule has 0 saturated carbocycles. The highest BCUT2D eigenvalue weighted by Crippen LogP contribution is 2.14. The quantitative estimate of drug-likeness (QED) is 0.847. The average molecular weight is 243 g/mol. The van der Waals surface area contributed by atoms with Gasteiger partial charge in [0.25, 0.3) is 0 Å². The van der Waals surface area contributed by atoms with Crippen LogP contribution in [0.1, 0.15) is 18.9 Å². The number of benzene rings is 1. The fourth-order valence-corrected chi connectivity index (χ4v) is 2.25. The van der Waals surface area contributed by atoms with E-state index in [1.54, 1.807) is 0 Å². The van der Waals surface area contributed by atoms with Gasteiger partial charge >= 0.3 is 0 Å². The summed E-state index contributed by atoms with van der Waals surface area (Å²) in [7, 11) is 0. The molecule has 3 nitrogen and oxygen atoms in total. The number of fused-ring (bicyclic) bond motifs is 1. The number of pyridine rings is 1. The minimum absolute atomic E-state index is 0.717. The van der Waals surface area contributed by atoms with Gasteiger partial charge in [0, 0.05) is 31.2 Å². The van der Waals surface area contributed by atoms with Crippen molar-refractivity contribution in [1.82, 2.24) is 9.88 Å². The standard InChI is InChI=1S/C15H21N3/c1-2-9-18(10-7-16)12-13-5-6-15-14(11-13)4-3-8-17-15/h3-6,8,11H,2,7,9-10,12,16H2,1H3. The Morgan fingerprint density at radius 1 is 1.22 bits per heavy atom. The van der Waals surface area contributed by atoms with Gasteiger partial charge in [0.15, 0.2) is 0 Å². The first-order chi connectivity index (χ1) is 8.83. The molecule has 3 heteroatoms. The van der Waals surface area contributed by atoms with Crippen molar-refractivity contribution in [3.63, 3.8) is 0 Å². The van der Waals surface area contributed by atoms with E-state index in [4.69, 9.17) is 5.73 Å². The molecule has 0 aliphatic carbocycles. The van der Waals surface area contributed by atoms with Gasteiger partial charge in [0.05, 0.1) is 5.52 Å². The molecule has 1 heterocycles. The fraction of sp³-hybridized carbons (Fsp3) is 0.400. The van der Waals surface area contributed by atoms with E-state index in [0.29, 0.717) is 0 Å². The van der Waals surface area contributed by atoms with E-state index in [0.717, 1.165) is 38.1 Å². The minimum atomic E-state index is 0.717. The highest BCUT2D eigenvalue weighted by Gasteiger charge is 2.04. The molecule has 0 bridgehead atoms. The lowest BCUT2D eigenvalue weighted by Gasteiger charge is -2.20. The number of hydrogen-bond donors (Lipinski definition) is 1.